The maximum Gasteiger partial charge on any atom is 0.219 e. The van der Waals surface area contributed by atoms with Gasteiger partial charge < -0.3 is 10.1 Å². The highest BCUT2D eigenvalue weighted by molar-refractivity contribution is 6.31. The van der Waals surface area contributed by atoms with Gasteiger partial charge in [-0.3, -0.25) is 0 Å². The van der Waals surface area contributed by atoms with E-state index < -0.39 is 0 Å². The number of hydrogen-bond donors (Lipinski definition) is 1. The zero-order valence-electron chi connectivity index (χ0n) is 12.0. The number of nitrogens with one attached hydrogen (secondary N) is 1. The van der Waals surface area contributed by atoms with E-state index in [1.165, 1.54) is 5.56 Å². The first-order valence-electron chi connectivity index (χ1n) is 6.68. The van der Waals surface area contributed by atoms with Crippen molar-refractivity contribution in [1.29, 1.82) is 0 Å². The second kappa shape index (κ2) is 6.73. The first-order chi connectivity index (χ1) is 9.60. The normalized spacial score (nSPS) is 10.8. The van der Waals surface area contributed by atoms with Gasteiger partial charge in [-0.05, 0) is 36.7 Å². The number of nitrogens with zero attached hydrogens (tertiary/aromatic N) is 1. The molecule has 1 aromatic carbocycles. The molecule has 0 aliphatic carbocycles. The van der Waals surface area contributed by atoms with Crippen LogP contribution in [0.15, 0.2) is 36.4 Å². The Morgan fingerprint density at radius 3 is 2.75 bits per heavy atom. The van der Waals surface area contributed by atoms with Crippen LogP contribution in [0.3, 0.4) is 0 Å². The van der Waals surface area contributed by atoms with Crippen LogP contribution in [0.25, 0.3) is 0 Å². The molecule has 1 N–H and O–H groups in total. The average Bonchev–Trinajstić information content (AvgIpc) is 2.43. The predicted octanol–water partition coefficient (Wildman–Crippen LogP) is 4.37. The molecule has 3 nitrogen and oxygen atoms in total. The molecular formula is C16H19ClN2O. The second-order valence-electron chi connectivity index (χ2n) is 4.94. The van der Waals surface area contributed by atoms with Crippen LogP contribution < -0.4 is 10.1 Å². The van der Waals surface area contributed by atoms with Crippen LogP contribution in [-0.4, -0.2) is 12.0 Å². The Bertz CT molecular complexity index is 584. The van der Waals surface area contributed by atoms with E-state index in [2.05, 4.69) is 30.2 Å². The molecule has 0 aliphatic heterocycles. The molecule has 0 aliphatic rings. The fourth-order valence-corrected chi connectivity index (χ4v) is 2.04. The molecule has 1 heterocycles. The van der Waals surface area contributed by atoms with Gasteiger partial charge in [-0.1, -0.05) is 37.6 Å². The Labute approximate surface area is 124 Å². The molecule has 0 bridgehead atoms. The number of benzene rings is 1. The average molecular weight is 291 g/mol. The summed E-state index contributed by atoms with van der Waals surface area (Å²) in [6, 6.07) is 11.7. The third-order valence-corrected chi connectivity index (χ3v) is 3.33. The highest BCUT2D eigenvalue weighted by atomic mass is 35.5. The third-order valence-electron chi connectivity index (χ3n) is 2.98. The fraction of sp³-hybridized carbons (Fsp3) is 0.312. The van der Waals surface area contributed by atoms with Crippen LogP contribution in [0, 0.1) is 0 Å². The fourth-order valence-electron chi connectivity index (χ4n) is 1.87. The number of rotatable bonds is 5. The van der Waals surface area contributed by atoms with Gasteiger partial charge in [0.15, 0.2) is 0 Å². The standard InChI is InChI=1S/C16H19ClN2O/c1-11(2)12-5-4-6-13(9-12)20-16-8-7-14(17)15(19-16)10-18-3/h4-9,11,18H,10H2,1-3H3. The molecule has 0 amide bonds. The summed E-state index contributed by atoms with van der Waals surface area (Å²) >= 11 is 6.09. The van der Waals surface area contributed by atoms with Gasteiger partial charge in [0, 0.05) is 12.6 Å². The molecule has 0 unspecified atom stereocenters. The van der Waals surface area contributed by atoms with Crippen LogP contribution in [0.5, 0.6) is 11.6 Å². The summed E-state index contributed by atoms with van der Waals surface area (Å²) in [5.74, 6) is 1.82. The molecule has 0 spiro atoms. The summed E-state index contributed by atoms with van der Waals surface area (Å²) < 4.78 is 5.81. The quantitative estimate of drug-likeness (QED) is 0.888. The lowest BCUT2D eigenvalue weighted by Gasteiger charge is -2.10. The second-order valence-corrected chi connectivity index (χ2v) is 5.34. The van der Waals surface area contributed by atoms with Gasteiger partial charge in [0.05, 0.1) is 10.7 Å². The van der Waals surface area contributed by atoms with Crippen molar-refractivity contribution in [2.75, 3.05) is 7.05 Å². The third kappa shape index (κ3) is 3.71. The van der Waals surface area contributed by atoms with E-state index in [0.717, 1.165) is 11.4 Å². The number of ether oxygens (including phenoxy) is 1. The van der Waals surface area contributed by atoms with E-state index >= 15 is 0 Å². The van der Waals surface area contributed by atoms with Gasteiger partial charge in [0.2, 0.25) is 5.88 Å². The lowest BCUT2D eigenvalue weighted by molar-refractivity contribution is 0.459. The molecule has 1 aromatic heterocycles. The molecule has 0 fully saturated rings. The van der Waals surface area contributed by atoms with Crippen molar-refractivity contribution >= 4 is 11.6 Å². The lowest BCUT2D eigenvalue weighted by Crippen LogP contribution is -2.07. The minimum atomic E-state index is 0.469. The lowest BCUT2D eigenvalue weighted by atomic mass is 10.0. The number of hydrogen-bond acceptors (Lipinski definition) is 3. The monoisotopic (exact) mass is 290 g/mol. The summed E-state index contributed by atoms with van der Waals surface area (Å²) in [5.41, 5.74) is 2.03. The van der Waals surface area contributed by atoms with Crippen LogP contribution in [-0.2, 0) is 6.54 Å². The van der Waals surface area contributed by atoms with E-state index in [9.17, 15) is 0 Å². The Hall–Kier alpha value is -1.58. The Morgan fingerprint density at radius 1 is 1.25 bits per heavy atom. The minimum absolute atomic E-state index is 0.469. The van der Waals surface area contributed by atoms with Crippen LogP contribution in [0.2, 0.25) is 5.02 Å². The SMILES string of the molecule is CNCc1nc(Oc2cccc(C(C)C)c2)ccc1Cl. The summed E-state index contributed by atoms with van der Waals surface area (Å²) in [5, 5.41) is 3.68. The molecule has 20 heavy (non-hydrogen) atoms. The Morgan fingerprint density at radius 2 is 2.05 bits per heavy atom. The van der Waals surface area contributed by atoms with E-state index in [1.807, 2.05) is 31.3 Å². The van der Waals surface area contributed by atoms with E-state index in [1.54, 1.807) is 6.07 Å². The molecule has 0 saturated carbocycles. The molecule has 106 valence electrons. The molecule has 2 aromatic rings. The van der Waals surface area contributed by atoms with Crippen molar-refractivity contribution in [3.63, 3.8) is 0 Å². The first-order valence-corrected chi connectivity index (χ1v) is 7.05. The summed E-state index contributed by atoms with van der Waals surface area (Å²) in [6.45, 7) is 4.93. The topological polar surface area (TPSA) is 34.2 Å². The molecule has 0 saturated heterocycles. The van der Waals surface area contributed by atoms with Crippen molar-refractivity contribution in [1.82, 2.24) is 10.3 Å². The predicted molar refractivity (Wildman–Crippen MR) is 82.6 cm³/mol. The van der Waals surface area contributed by atoms with Crippen molar-refractivity contribution in [3.8, 4) is 11.6 Å². The maximum absolute atomic E-state index is 6.09. The van der Waals surface area contributed by atoms with E-state index in [-0.39, 0.29) is 0 Å². The summed E-state index contributed by atoms with van der Waals surface area (Å²) in [4.78, 5) is 4.42. The van der Waals surface area contributed by atoms with Gasteiger partial charge in [-0.25, -0.2) is 4.98 Å². The Kier molecular flexibility index (Phi) is 4.99. The Balaban J connectivity index is 2.21. The van der Waals surface area contributed by atoms with Crippen molar-refractivity contribution in [3.05, 3.63) is 52.7 Å². The maximum atomic E-state index is 6.09. The molecular weight excluding hydrogens is 272 g/mol. The molecule has 0 radical (unpaired) electrons. The van der Waals surface area contributed by atoms with Crippen LogP contribution >= 0.6 is 11.6 Å². The first kappa shape index (κ1) is 14.8. The van der Waals surface area contributed by atoms with Crippen molar-refractivity contribution < 1.29 is 4.74 Å². The smallest absolute Gasteiger partial charge is 0.219 e. The van der Waals surface area contributed by atoms with Gasteiger partial charge in [-0.2, -0.15) is 0 Å². The zero-order chi connectivity index (χ0) is 14.5. The van der Waals surface area contributed by atoms with Gasteiger partial charge in [-0.15, -0.1) is 0 Å². The van der Waals surface area contributed by atoms with Crippen LogP contribution in [0.1, 0.15) is 31.0 Å². The minimum Gasteiger partial charge on any atom is -0.439 e. The number of pyridine rings is 1. The highest BCUT2D eigenvalue weighted by Crippen LogP contribution is 2.25. The van der Waals surface area contributed by atoms with Gasteiger partial charge in [0.25, 0.3) is 0 Å². The molecule has 4 heteroatoms. The summed E-state index contributed by atoms with van der Waals surface area (Å²) in [6.07, 6.45) is 0. The van der Waals surface area contributed by atoms with E-state index in [0.29, 0.717) is 23.4 Å². The largest absolute Gasteiger partial charge is 0.439 e. The van der Waals surface area contributed by atoms with Crippen molar-refractivity contribution in [2.45, 2.75) is 26.3 Å². The van der Waals surface area contributed by atoms with Gasteiger partial charge in [0.1, 0.15) is 5.75 Å². The van der Waals surface area contributed by atoms with Gasteiger partial charge >= 0.3 is 0 Å². The molecule has 0 atom stereocenters. The zero-order valence-corrected chi connectivity index (χ0v) is 12.7. The highest BCUT2D eigenvalue weighted by Gasteiger charge is 2.06. The molecule has 2 rings (SSSR count). The van der Waals surface area contributed by atoms with Crippen molar-refractivity contribution in [2.24, 2.45) is 0 Å². The summed E-state index contributed by atoms with van der Waals surface area (Å²) in [7, 11) is 1.86. The number of halogens is 1. The number of aromatic nitrogens is 1. The van der Waals surface area contributed by atoms with Crippen LogP contribution in [0.4, 0.5) is 0 Å². The van der Waals surface area contributed by atoms with E-state index in [4.69, 9.17) is 16.3 Å².